The van der Waals surface area contributed by atoms with E-state index in [1.165, 1.54) is 29.8 Å². The smallest absolute Gasteiger partial charge is 0.416 e. The van der Waals surface area contributed by atoms with Crippen molar-refractivity contribution in [2.24, 2.45) is 0 Å². The molecule has 5 rings (SSSR count). The Morgan fingerprint density at radius 2 is 1.72 bits per heavy atom. The van der Waals surface area contributed by atoms with Crippen LogP contribution in [-0.4, -0.2) is 19.9 Å². The van der Waals surface area contributed by atoms with Gasteiger partial charge in [0.1, 0.15) is 16.9 Å². The van der Waals surface area contributed by atoms with Crippen LogP contribution in [0.5, 0.6) is 11.6 Å². The molecule has 5 aromatic rings. The van der Waals surface area contributed by atoms with Crippen molar-refractivity contribution in [2.75, 3.05) is 0 Å². The van der Waals surface area contributed by atoms with Crippen LogP contribution in [0.3, 0.4) is 0 Å². The number of rotatable bonds is 4. The molecular weight excluding hydrogens is 437 g/mol. The number of para-hydroxylation sites is 1. The van der Waals surface area contributed by atoms with E-state index < -0.39 is 11.7 Å². The number of fused-ring (bicyclic) bond motifs is 1. The third-order valence-electron chi connectivity index (χ3n) is 4.65. The van der Waals surface area contributed by atoms with Crippen LogP contribution in [0.15, 0.2) is 79.4 Å². The van der Waals surface area contributed by atoms with Gasteiger partial charge in [-0.2, -0.15) is 13.2 Å². The van der Waals surface area contributed by atoms with E-state index >= 15 is 0 Å². The largest absolute Gasteiger partial charge is 0.437 e. The van der Waals surface area contributed by atoms with Crippen LogP contribution in [0.4, 0.5) is 13.2 Å². The van der Waals surface area contributed by atoms with Gasteiger partial charge in [0.25, 0.3) is 0 Å². The van der Waals surface area contributed by atoms with Gasteiger partial charge in [-0.1, -0.05) is 18.2 Å². The number of thiazole rings is 1. The fourth-order valence-electron chi connectivity index (χ4n) is 3.11. The van der Waals surface area contributed by atoms with Crippen LogP contribution in [0.1, 0.15) is 5.56 Å². The first-order valence-corrected chi connectivity index (χ1v) is 10.3. The summed E-state index contributed by atoms with van der Waals surface area (Å²) in [7, 11) is 0. The molecule has 0 aliphatic heterocycles. The highest BCUT2D eigenvalue weighted by atomic mass is 32.1. The van der Waals surface area contributed by atoms with Gasteiger partial charge in [0.15, 0.2) is 5.75 Å². The van der Waals surface area contributed by atoms with Crippen molar-refractivity contribution >= 4 is 21.6 Å². The number of nitrogens with zero attached hydrogens (tertiary/aromatic N) is 4. The molecule has 0 radical (unpaired) electrons. The Labute approximate surface area is 184 Å². The van der Waals surface area contributed by atoms with Crippen LogP contribution in [0.2, 0.25) is 0 Å². The zero-order valence-electron chi connectivity index (χ0n) is 16.2. The molecule has 158 valence electrons. The first kappa shape index (κ1) is 20.1. The van der Waals surface area contributed by atoms with Gasteiger partial charge >= 0.3 is 6.18 Å². The number of halogens is 3. The first-order valence-electron chi connectivity index (χ1n) is 9.45. The molecule has 0 atom stereocenters. The number of pyridine rings is 1. The van der Waals surface area contributed by atoms with Crippen LogP contribution in [-0.2, 0) is 6.18 Å². The molecule has 0 aliphatic carbocycles. The normalized spacial score (nSPS) is 11.6. The van der Waals surface area contributed by atoms with E-state index in [1.54, 1.807) is 24.5 Å². The van der Waals surface area contributed by atoms with Crippen LogP contribution < -0.4 is 4.74 Å². The lowest BCUT2D eigenvalue weighted by Gasteiger charge is -2.09. The highest BCUT2D eigenvalue weighted by molar-refractivity contribution is 7.21. The Balaban J connectivity index is 1.45. The van der Waals surface area contributed by atoms with Crippen molar-refractivity contribution in [1.82, 2.24) is 19.9 Å². The fourth-order valence-corrected chi connectivity index (χ4v) is 4.09. The third kappa shape index (κ3) is 4.02. The standard InChI is InChI=1S/C23H13F3N4OS/c24-23(25,26)16-8-6-14(7-9-16)17-11-20(29-13-28-17)31-18-4-1-5-19-21(18)30-22(32-19)15-3-2-10-27-12-15/h1-13H. The van der Waals surface area contributed by atoms with E-state index in [-0.39, 0.29) is 5.88 Å². The van der Waals surface area contributed by atoms with Crippen LogP contribution >= 0.6 is 11.3 Å². The van der Waals surface area contributed by atoms with Crippen molar-refractivity contribution in [3.63, 3.8) is 0 Å². The van der Waals surface area contributed by atoms with Crippen molar-refractivity contribution in [3.05, 3.63) is 84.9 Å². The van der Waals surface area contributed by atoms with E-state index in [2.05, 4.69) is 15.0 Å². The maximum atomic E-state index is 12.8. The molecule has 0 aliphatic rings. The summed E-state index contributed by atoms with van der Waals surface area (Å²) in [6, 6.07) is 15.8. The Morgan fingerprint density at radius 1 is 0.875 bits per heavy atom. The summed E-state index contributed by atoms with van der Waals surface area (Å²) in [5.41, 5.74) is 1.85. The summed E-state index contributed by atoms with van der Waals surface area (Å²) in [5, 5.41) is 0.817. The van der Waals surface area contributed by atoms with Crippen LogP contribution in [0, 0.1) is 0 Å². The molecule has 0 N–H and O–H groups in total. The van der Waals surface area contributed by atoms with Gasteiger partial charge in [-0.25, -0.2) is 15.0 Å². The maximum absolute atomic E-state index is 12.8. The van der Waals surface area contributed by atoms with Gasteiger partial charge in [-0.15, -0.1) is 11.3 Å². The molecule has 2 aromatic carbocycles. The summed E-state index contributed by atoms with van der Waals surface area (Å²) in [6.07, 6.45) is 0.373. The molecule has 3 heterocycles. The summed E-state index contributed by atoms with van der Waals surface area (Å²) in [5.74, 6) is 0.782. The molecular formula is C23H13F3N4OS. The lowest BCUT2D eigenvalue weighted by Crippen LogP contribution is -2.04. The summed E-state index contributed by atoms with van der Waals surface area (Å²) in [4.78, 5) is 17.1. The van der Waals surface area contributed by atoms with Gasteiger partial charge in [-0.05, 0) is 36.4 Å². The van der Waals surface area contributed by atoms with Gasteiger partial charge in [0.2, 0.25) is 5.88 Å². The summed E-state index contributed by atoms with van der Waals surface area (Å²) < 4.78 is 45.4. The molecule has 0 spiro atoms. The highest BCUT2D eigenvalue weighted by Crippen LogP contribution is 2.36. The van der Waals surface area contributed by atoms with E-state index in [9.17, 15) is 13.2 Å². The van der Waals surface area contributed by atoms with Crippen molar-refractivity contribution < 1.29 is 17.9 Å². The Morgan fingerprint density at radius 3 is 2.47 bits per heavy atom. The number of benzene rings is 2. The predicted octanol–water partition coefficient (Wildman–Crippen LogP) is 6.63. The lowest BCUT2D eigenvalue weighted by atomic mass is 10.1. The van der Waals surface area contributed by atoms with E-state index in [0.29, 0.717) is 22.5 Å². The molecule has 0 fully saturated rings. The number of aromatic nitrogens is 4. The zero-order valence-corrected chi connectivity index (χ0v) is 17.1. The summed E-state index contributed by atoms with van der Waals surface area (Å²) >= 11 is 1.52. The molecule has 0 bridgehead atoms. The third-order valence-corrected chi connectivity index (χ3v) is 5.72. The Hall–Kier alpha value is -3.85. The van der Waals surface area contributed by atoms with Gasteiger partial charge in [0, 0.05) is 29.6 Å². The lowest BCUT2D eigenvalue weighted by molar-refractivity contribution is -0.137. The molecule has 0 amide bonds. The van der Waals surface area contributed by atoms with Gasteiger partial charge in [-0.3, -0.25) is 4.98 Å². The minimum absolute atomic E-state index is 0.262. The van der Waals surface area contributed by atoms with E-state index in [1.807, 2.05) is 24.3 Å². The average Bonchev–Trinajstić information content (AvgIpc) is 3.25. The highest BCUT2D eigenvalue weighted by Gasteiger charge is 2.30. The van der Waals surface area contributed by atoms with Crippen molar-refractivity contribution in [3.8, 4) is 33.5 Å². The van der Waals surface area contributed by atoms with E-state index in [4.69, 9.17) is 9.72 Å². The van der Waals surface area contributed by atoms with Gasteiger partial charge in [0.05, 0.1) is 16.0 Å². The van der Waals surface area contributed by atoms with Gasteiger partial charge < -0.3 is 4.74 Å². The molecule has 0 unspecified atom stereocenters. The summed E-state index contributed by atoms with van der Waals surface area (Å²) in [6.45, 7) is 0. The predicted molar refractivity (Wildman–Crippen MR) is 115 cm³/mol. The van der Waals surface area contributed by atoms with Crippen LogP contribution in [0.25, 0.3) is 32.0 Å². The second kappa shape index (κ2) is 8.01. The average molecular weight is 450 g/mol. The Bertz CT molecular complexity index is 1390. The SMILES string of the molecule is FC(F)(F)c1ccc(-c2cc(Oc3cccc4sc(-c5cccnc5)nc34)ncn2)cc1. The number of alkyl halides is 3. The molecule has 32 heavy (non-hydrogen) atoms. The molecule has 0 saturated heterocycles. The number of hydrogen-bond donors (Lipinski definition) is 0. The minimum atomic E-state index is -4.39. The second-order valence-corrected chi connectivity index (χ2v) is 7.81. The first-order chi connectivity index (χ1) is 15.5. The minimum Gasteiger partial charge on any atom is -0.437 e. The monoisotopic (exact) mass is 450 g/mol. The topological polar surface area (TPSA) is 60.8 Å². The van der Waals surface area contributed by atoms with Crippen molar-refractivity contribution in [1.29, 1.82) is 0 Å². The quantitative estimate of drug-likeness (QED) is 0.308. The van der Waals surface area contributed by atoms with E-state index in [0.717, 1.165) is 27.4 Å². The molecule has 0 saturated carbocycles. The number of hydrogen-bond acceptors (Lipinski definition) is 6. The fraction of sp³-hybridized carbons (Fsp3) is 0.0435. The molecule has 9 heteroatoms. The molecule has 3 aromatic heterocycles. The second-order valence-electron chi connectivity index (χ2n) is 6.78. The maximum Gasteiger partial charge on any atom is 0.416 e. The zero-order chi connectivity index (χ0) is 22.1. The van der Waals surface area contributed by atoms with Crippen molar-refractivity contribution in [2.45, 2.75) is 6.18 Å². The Kier molecular flexibility index (Phi) is 5.02. The number of ether oxygens (including phenoxy) is 1. The molecule has 5 nitrogen and oxygen atoms in total.